The largest absolute Gasteiger partial charge is 0.497 e. The summed E-state index contributed by atoms with van der Waals surface area (Å²) in [5.74, 6) is 1.83. The number of methoxy groups -OCH3 is 1. The lowest BCUT2D eigenvalue weighted by Gasteiger charge is -2.11. The summed E-state index contributed by atoms with van der Waals surface area (Å²) in [5, 5.41) is 4.55. The maximum Gasteiger partial charge on any atom is 0.166 e. The molecule has 0 saturated carbocycles. The van der Waals surface area contributed by atoms with E-state index in [4.69, 9.17) is 9.72 Å². The van der Waals surface area contributed by atoms with E-state index in [2.05, 4.69) is 39.1 Å². The number of aromatic amines is 1. The number of anilines is 1. The summed E-state index contributed by atoms with van der Waals surface area (Å²) in [6.45, 7) is 5.68. The zero-order chi connectivity index (χ0) is 23.7. The molecule has 0 saturated heterocycles. The molecule has 0 aliphatic rings. The van der Waals surface area contributed by atoms with Crippen LogP contribution in [0, 0.1) is 11.7 Å². The van der Waals surface area contributed by atoms with Gasteiger partial charge in [0.05, 0.1) is 19.6 Å². The van der Waals surface area contributed by atoms with Crippen LogP contribution in [0.4, 0.5) is 10.2 Å². The smallest absolute Gasteiger partial charge is 0.166 e. The zero-order valence-electron chi connectivity index (χ0n) is 19.3. The number of pyridine rings is 1. The molecular weight excluding hydrogens is 433 g/mol. The van der Waals surface area contributed by atoms with Crippen LogP contribution < -0.4 is 10.1 Å². The number of rotatable bonds is 8. The predicted molar refractivity (Wildman–Crippen MR) is 130 cm³/mol. The summed E-state index contributed by atoms with van der Waals surface area (Å²) in [4.78, 5) is 21.2. The van der Waals surface area contributed by atoms with Crippen molar-refractivity contribution in [3.8, 4) is 17.1 Å². The third-order valence-corrected chi connectivity index (χ3v) is 5.65. The molecule has 0 fully saturated rings. The van der Waals surface area contributed by atoms with Gasteiger partial charge in [-0.1, -0.05) is 13.8 Å². The van der Waals surface area contributed by atoms with Gasteiger partial charge < -0.3 is 19.6 Å². The van der Waals surface area contributed by atoms with Gasteiger partial charge in [-0.05, 0) is 42.2 Å². The predicted octanol–water partition coefficient (Wildman–Crippen LogP) is 4.83. The van der Waals surface area contributed by atoms with E-state index in [1.165, 1.54) is 17.8 Å². The highest BCUT2D eigenvalue weighted by molar-refractivity contribution is 5.86. The number of hydrogen-bond donors (Lipinski definition) is 2. The topological polar surface area (TPSA) is 93.5 Å². The van der Waals surface area contributed by atoms with Crippen LogP contribution in [0.25, 0.3) is 33.5 Å². The van der Waals surface area contributed by atoms with Gasteiger partial charge in [0.2, 0.25) is 0 Å². The molecule has 5 rings (SSSR count). The van der Waals surface area contributed by atoms with E-state index < -0.39 is 5.82 Å². The fraction of sp³-hybridized carbons (Fsp3) is 0.280. The number of halogens is 1. The minimum atomic E-state index is -0.429. The number of imidazole rings is 1. The number of benzene rings is 1. The fourth-order valence-corrected chi connectivity index (χ4v) is 4.06. The van der Waals surface area contributed by atoms with Crippen LogP contribution in [0.2, 0.25) is 0 Å². The fourth-order valence-electron chi connectivity index (χ4n) is 4.06. The maximum absolute atomic E-state index is 13.8. The summed E-state index contributed by atoms with van der Waals surface area (Å²) in [6, 6.07) is 7.38. The van der Waals surface area contributed by atoms with Crippen molar-refractivity contribution in [3.05, 3.63) is 60.6 Å². The molecule has 0 spiro atoms. The van der Waals surface area contributed by atoms with Crippen molar-refractivity contribution in [1.29, 1.82) is 0 Å². The first-order chi connectivity index (χ1) is 16.5. The van der Waals surface area contributed by atoms with E-state index in [9.17, 15) is 4.39 Å². The average molecular weight is 460 g/mol. The Kier molecular flexibility index (Phi) is 5.83. The van der Waals surface area contributed by atoms with E-state index >= 15 is 0 Å². The molecule has 9 heteroatoms. The first-order valence-electron chi connectivity index (χ1n) is 11.2. The van der Waals surface area contributed by atoms with Crippen molar-refractivity contribution in [2.24, 2.45) is 5.92 Å². The lowest BCUT2D eigenvalue weighted by Crippen LogP contribution is -2.09. The number of nitrogens with zero attached hydrogens (tertiary/aromatic N) is 5. The molecule has 2 N–H and O–H groups in total. The van der Waals surface area contributed by atoms with Crippen LogP contribution in [0.1, 0.15) is 19.4 Å². The van der Waals surface area contributed by atoms with E-state index in [1.807, 2.05) is 29.0 Å². The molecule has 34 heavy (non-hydrogen) atoms. The summed E-state index contributed by atoms with van der Waals surface area (Å²) in [7, 11) is 1.67. The van der Waals surface area contributed by atoms with Gasteiger partial charge in [-0.15, -0.1) is 0 Å². The Morgan fingerprint density at radius 1 is 1.18 bits per heavy atom. The van der Waals surface area contributed by atoms with Crippen molar-refractivity contribution >= 4 is 27.9 Å². The Hall–Kier alpha value is -4.01. The summed E-state index contributed by atoms with van der Waals surface area (Å²) in [6.07, 6.45) is 7.30. The van der Waals surface area contributed by atoms with Crippen LogP contribution in [-0.2, 0) is 13.0 Å². The lowest BCUT2D eigenvalue weighted by molar-refractivity contribution is 0.415. The van der Waals surface area contributed by atoms with Crippen molar-refractivity contribution in [1.82, 2.24) is 29.5 Å². The van der Waals surface area contributed by atoms with E-state index in [0.717, 1.165) is 29.6 Å². The van der Waals surface area contributed by atoms with Crippen LogP contribution in [0.15, 0.2) is 49.2 Å². The minimum Gasteiger partial charge on any atom is -0.497 e. The monoisotopic (exact) mass is 459 g/mol. The quantitative estimate of drug-likeness (QED) is 0.345. The van der Waals surface area contributed by atoms with Gasteiger partial charge in [0, 0.05) is 41.9 Å². The second-order valence-corrected chi connectivity index (χ2v) is 8.65. The molecule has 0 atom stereocenters. The van der Waals surface area contributed by atoms with Gasteiger partial charge in [0.1, 0.15) is 17.1 Å². The molecule has 0 aliphatic heterocycles. The molecule has 0 amide bonds. The Balaban J connectivity index is 1.46. The van der Waals surface area contributed by atoms with Gasteiger partial charge in [0.25, 0.3) is 0 Å². The molecule has 174 valence electrons. The third kappa shape index (κ3) is 4.28. The Morgan fingerprint density at radius 2 is 2.06 bits per heavy atom. The van der Waals surface area contributed by atoms with Crippen LogP contribution in [-0.4, -0.2) is 43.1 Å². The third-order valence-electron chi connectivity index (χ3n) is 5.65. The molecular formula is C25H26FN7O. The number of fused-ring (bicyclic) bond motifs is 2. The van der Waals surface area contributed by atoms with Crippen molar-refractivity contribution < 1.29 is 9.13 Å². The number of H-pyrrole nitrogens is 1. The second kappa shape index (κ2) is 9.09. The number of aromatic nitrogens is 6. The van der Waals surface area contributed by atoms with Crippen molar-refractivity contribution in [2.45, 2.75) is 26.8 Å². The van der Waals surface area contributed by atoms with Gasteiger partial charge >= 0.3 is 0 Å². The van der Waals surface area contributed by atoms with E-state index in [0.29, 0.717) is 40.8 Å². The van der Waals surface area contributed by atoms with Crippen LogP contribution in [0.5, 0.6) is 5.75 Å². The maximum atomic E-state index is 13.8. The van der Waals surface area contributed by atoms with E-state index in [1.54, 1.807) is 19.6 Å². The first-order valence-corrected chi connectivity index (χ1v) is 11.2. The molecule has 4 heterocycles. The molecule has 0 bridgehead atoms. The molecule has 0 unspecified atom stereocenters. The molecule has 5 aromatic rings. The van der Waals surface area contributed by atoms with E-state index in [-0.39, 0.29) is 0 Å². The highest BCUT2D eigenvalue weighted by Gasteiger charge is 2.16. The van der Waals surface area contributed by atoms with Gasteiger partial charge in [-0.25, -0.2) is 19.3 Å². The minimum absolute atomic E-state index is 0.407. The highest BCUT2D eigenvalue weighted by Crippen LogP contribution is 2.26. The summed E-state index contributed by atoms with van der Waals surface area (Å²) >= 11 is 0. The average Bonchev–Trinajstić information content (AvgIpc) is 3.42. The van der Waals surface area contributed by atoms with Crippen molar-refractivity contribution in [2.75, 3.05) is 19.0 Å². The molecule has 0 radical (unpaired) electrons. The number of hydrogen-bond acceptors (Lipinski definition) is 6. The van der Waals surface area contributed by atoms with Gasteiger partial charge in [-0.2, -0.15) is 0 Å². The SMILES string of the molecule is COc1ccc2[nH]cc(CCNc3nc(-c4cncc(F)c4)nc4c3ncn4CC(C)C)c2c1. The van der Waals surface area contributed by atoms with Crippen LogP contribution in [0.3, 0.4) is 0 Å². The normalized spacial score (nSPS) is 11.6. The summed E-state index contributed by atoms with van der Waals surface area (Å²) < 4.78 is 21.2. The number of ether oxygens (including phenoxy) is 1. The van der Waals surface area contributed by atoms with Crippen molar-refractivity contribution in [3.63, 3.8) is 0 Å². The van der Waals surface area contributed by atoms with Gasteiger partial charge in [0.15, 0.2) is 17.3 Å². The molecule has 8 nitrogen and oxygen atoms in total. The zero-order valence-corrected chi connectivity index (χ0v) is 19.3. The number of nitrogens with one attached hydrogen (secondary N) is 2. The Labute approximate surface area is 196 Å². The first kappa shape index (κ1) is 21.8. The standard InChI is InChI=1S/C25H26FN7O/c1-15(2)13-33-14-30-22-24(31-23(32-25(22)33)17-8-18(26)12-27-10-17)28-7-6-16-11-29-21-5-4-19(34-3)9-20(16)21/h4-5,8-12,14-15,29H,6-7,13H2,1-3H3,(H,28,31,32). The molecule has 4 aromatic heterocycles. The Bertz CT molecular complexity index is 1460. The second-order valence-electron chi connectivity index (χ2n) is 8.65. The van der Waals surface area contributed by atoms with Crippen LogP contribution >= 0.6 is 0 Å². The Morgan fingerprint density at radius 3 is 2.85 bits per heavy atom. The van der Waals surface area contributed by atoms with Gasteiger partial charge in [-0.3, -0.25) is 4.98 Å². The molecule has 0 aliphatic carbocycles. The summed E-state index contributed by atoms with van der Waals surface area (Å²) in [5.41, 5.74) is 4.16. The molecule has 1 aromatic carbocycles. The highest BCUT2D eigenvalue weighted by atomic mass is 19.1. The lowest BCUT2D eigenvalue weighted by atomic mass is 10.1.